The molecule has 0 unspecified atom stereocenters. The zero-order valence-corrected chi connectivity index (χ0v) is 22.8. The quantitative estimate of drug-likeness (QED) is 0.248. The summed E-state index contributed by atoms with van der Waals surface area (Å²) in [6.07, 6.45) is 1.63. The summed E-state index contributed by atoms with van der Waals surface area (Å²) in [5, 5.41) is 0.474. The van der Waals surface area contributed by atoms with Gasteiger partial charge in [-0.15, -0.1) is 0 Å². The van der Waals surface area contributed by atoms with Gasteiger partial charge in [-0.2, -0.15) is 9.36 Å². The molecule has 0 bridgehead atoms. The van der Waals surface area contributed by atoms with Crippen molar-refractivity contribution in [2.45, 2.75) is 19.3 Å². The maximum Gasteiger partial charge on any atom is 0.298 e. The fourth-order valence-corrected chi connectivity index (χ4v) is 4.43. The Balaban J connectivity index is 1.27. The van der Waals surface area contributed by atoms with E-state index in [9.17, 15) is 4.79 Å². The van der Waals surface area contributed by atoms with Crippen molar-refractivity contribution in [3.63, 3.8) is 0 Å². The molecule has 1 aromatic heterocycles. The summed E-state index contributed by atoms with van der Waals surface area (Å²) in [5.41, 5.74) is 3.06. The van der Waals surface area contributed by atoms with Crippen molar-refractivity contribution in [2.75, 3.05) is 34.9 Å². The first-order valence-corrected chi connectivity index (χ1v) is 12.9. The highest BCUT2D eigenvalue weighted by molar-refractivity contribution is 7.07. The van der Waals surface area contributed by atoms with Gasteiger partial charge in [0.1, 0.15) is 11.5 Å². The molecular weight excluding hydrogens is 502 g/mol. The molecule has 4 aromatic rings. The van der Waals surface area contributed by atoms with Crippen LogP contribution in [-0.4, -0.2) is 55.1 Å². The number of methoxy groups -OCH3 is 3. The highest BCUT2D eigenvalue weighted by Crippen LogP contribution is 2.28. The molecule has 198 valence electrons. The molecular formula is C29H31N3O5S. The van der Waals surface area contributed by atoms with Crippen LogP contribution in [0.4, 0.5) is 0 Å². The number of hydrogen-bond donors (Lipinski definition) is 0. The standard InChI is InChI=1S/C29H31N3O5S/c1-32(15-14-21-10-13-25(35-3)26(17-21)36-4)28(33)19-20-8-11-23(12-9-20)37-29-30-27(31-38-29)18-22-6-5-7-24(16-22)34-2/h5-13,16-17H,14-15,18-19H2,1-4H3. The number of carbonyl (C=O) groups is 1. The lowest BCUT2D eigenvalue weighted by atomic mass is 10.1. The topological polar surface area (TPSA) is 83.0 Å². The SMILES string of the molecule is COc1cccc(Cc2nsc(Oc3ccc(CC(=O)N(C)CCc4ccc(OC)c(OC)c4)cc3)n2)c1. The Kier molecular flexibility index (Phi) is 9.16. The second kappa shape index (κ2) is 12.9. The van der Waals surface area contributed by atoms with E-state index in [0.717, 1.165) is 28.9 Å². The molecule has 0 saturated carbocycles. The number of rotatable bonds is 12. The highest BCUT2D eigenvalue weighted by Gasteiger charge is 2.12. The molecule has 0 aliphatic heterocycles. The minimum atomic E-state index is 0.0467. The number of nitrogens with zero attached hydrogens (tertiary/aromatic N) is 3. The van der Waals surface area contributed by atoms with Crippen LogP contribution in [0.25, 0.3) is 0 Å². The van der Waals surface area contributed by atoms with E-state index >= 15 is 0 Å². The van der Waals surface area contributed by atoms with Gasteiger partial charge in [0, 0.05) is 31.5 Å². The van der Waals surface area contributed by atoms with Crippen molar-refractivity contribution in [1.29, 1.82) is 0 Å². The van der Waals surface area contributed by atoms with Crippen LogP contribution in [0, 0.1) is 0 Å². The summed E-state index contributed by atoms with van der Waals surface area (Å²) in [5.74, 6) is 3.56. The van der Waals surface area contributed by atoms with Crippen LogP contribution >= 0.6 is 11.5 Å². The van der Waals surface area contributed by atoms with Gasteiger partial charge in [0.05, 0.1) is 27.8 Å². The normalized spacial score (nSPS) is 10.6. The Morgan fingerprint density at radius 3 is 2.34 bits per heavy atom. The molecule has 0 aliphatic carbocycles. The average Bonchev–Trinajstić information content (AvgIpc) is 3.38. The van der Waals surface area contributed by atoms with Crippen LogP contribution in [0.5, 0.6) is 28.2 Å². The second-order valence-electron chi connectivity index (χ2n) is 8.68. The molecule has 0 aliphatic rings. The van der Waals surface area contributed by atoms with Crippen LogP contribution in [0.15, 0.2) is 66.7 Å². The fraction of sp³-hybridized carbons (Fsp3) is 0.276. The number of hydrogen-bond acceptors (Lipinski definition) is 8. The first-order chi connectivity index (χ1) is 18.5. The largest absolute Gasteiger partial charge is 0.497 e. The van der Waals surface area contributed by atoms with Crippen molar-refractivity contribution in [1.82, 2.24) is 14.3 Å². The maximum absolute atomic E-state index is 12.8. The van der Waals surface area contributed by atoms with Crippen LogP contribution in [-0.2, 0) is 24.1 Å². The average molecular weight is 534 g/mol. The van der Waals surface area contributed by atoms with E-state index in [1.807, 2.05) is 73.8 Å². The summed E-state index contributed by atoms with van der Waals surface area (Å²) in [7, 11) is 6.69. The maximum atomic E-state index is 12.8. The zero-order chi connectivity index (χ0) is 26.9. The Morgan fingerprint density at radius 2 is 1.61 bits per heavy atom. The summed E-state index contributed by atoms with van der Waals surface area (Å²) in [4.78, 5) is 19.0. The predicted molar refractivity (Wildman–Crippen MR) is 147 cm³/mol. The first kappa shape index (κ1) is 26.9. The third kappa shape index (κ3) is 7.23. The Bertz CT molecular complexity index is 1360. The van der Waals surface area contributed by atoms with Gasteiger partial charge >= 0.3 is 0 Å². The molecule has 0 saturated heterocycles. The third-order valence-electron chi connectivity index (χ3n) is 6.04. The van der Waals surface area contributed by atoms with E-state index in [-0.39, 0.29) is 5.91 Å². The van der Waals surface area contributed by atoms with E-state index < -0.39 is 0 Å². The molecule has 0 atom stereocenters. The van der Waals surface area contributed by atoms with Crippen LogP contribution in [0.3, 0.4) is 0 Å². The van der Waals surface area contributed by atoms with Gasteiger partial charge in [0.2, 0.25) is 5.91 Å². The first-order valence-electron chi connectivity index (χ1n) is 12.1. The molecule has 38 heavy (non-hydrogen) atoms. The molecule has 0 fully saturated rings. The summed E-state index contributed by atoms with van der Waals surface area (Å²) >= 11 is 1.21. The lowest BCUT2D eigenvalue weighted by molar-refractivity contribution is -0.129. The molecule has 1 amide bonds. The van der Waals surface area contributed by atoms with Gasteiger partial charge in [0.25, 0.3) is 5.19 Å². The Labute approximate surface area is 226 Å². The van der Waals surface area contributed by atoms with Crippen molar-refractivity contribution < 1.29 is 23.7 Å². The Morgan fingerprint density at radius 1 is 0.842 bits per heavy atom. The van der Waals surface area contributed by atoms with Gasteiger partial charge in [-0.1, -0.05) is 30.3 Å². The highest BCUT2D eigenvalue weighted by atomic mass is 32.1. The minimum absolute atomic E-state index is 0.0467. The number of ether oxygens (including phenoxy) is 4. The van der Waals surface area contributed by atoms with E-state index in [1.165, 1.54) is 11.5 Å². The van der Waals surface area contributed by atoms with Gasteiger partial charge in [-0.3, -0.25) is 4.79 Å². The molecule has 0 N–H and O–H groups in total. The van der Waals surface area contributed by atoms with Crippen molar-refractivity contribution in [3.05, 3.63) is 89.2 Å². The number of aromatic nitrogens is 2. The predicted octanol–water partition coefficient (Wildman–Crippen LogP) is 5.19. The van der Waals surface area contributed by atoms with Gasteiger partial charge in [0.15, 0.2) is 17.3 Å². The number of likely N-dealkylation sites (N-methyl/N-ethyl adjacent to an activating group) is 1. The number of benzene rings is 3. The van der Waals surface area contributed by atoms with E-state index in [0.29, 0.717) is 47.7 Å². The van der Waals surface area contributed by atoms with Gasteiger partial charge in [-0.05, 0) is 59.5 Å². The smallest absolute Gasteiger partial charge is 0.298 e. The summed E-state index contributed by atoms with van der Waals surface area (Å²) < 4.78 is 26.2. The molecule has 0 radical (unpaired) electrons. The molecule has 8 nitrogen and oxygen atoms in total. The molecule has 0 spiro atoms. The lowest BCUT2D eigenvalue weighted by Crippen LogP contribution is -2.30. The monoisotopic (exact) mass is 533 g/mol. The molecule has 1 heterocycles. The zero-order valence-electron chi connectivity index (χ0n) is 22.0. The van der Waals surface area contributed by atoms with Crippen molar-refractivity contribution >= 4 is 17.4 Å². The van der Waals surface area contributed by atoms with E-state index in [4.69, 9.17) is 18.9 Å². The van der Waals surface area contributed by atoms with Crippen LogP contribution < -0.4 is 18.9 Å². The van der Waals surface area contributed by atoms with Gasteiger partial charge in [-0.25, -0.2) is 0 Å². The molecule has 3 aromatic carbocycles. The number of carbonyl (C=O) groups excluding carboxylic acids is 1. The van der Waals surface area contributed by atoms with Gasteiger partial charge < -0.3 is 23.8 Å². The van der Waals surface area contributed by atoms with Crippen LogP contribution in [0.2, 0.25) is 0 Å². The molecule has 4 rings (SSSR count). The lowest BCUT2D eigenvalue weighted by Gasteiger charge is -2.18. The second-order valence-corrected chi connectivity index (χ2v) is 9.40. The van der Waals surface area contributed by atoms with E-state index in [2.05, 4.69) is 9.36 Å². The van der Waals surface area contributed by atoms with Crippen molar-refractivity contribution in [2.24, 2.45) is 0 Å². The van der Waals surface area contributed by atoms with Crippen LogP contribution in [0.1, 0.15) is 22.5 Å². The third-order valence-corrected chi connectivity index (χ3v) is 6.67. The van der Waals surface area contributed by atoms with E-state index in [1.54, 1.807) is 26.2 Å². The Hall–Kier alpha value is -4.11. The summed E-state index contributed by atoms with van der Waals surface area (Å²) in [6, 6.07) is 21.1. The fourth-order valence-electron chi connectivity index (χ4n) is 3.86. The summed E-state index contributed by atoms with van der Waals surface area (Å²) in [6.45, 7) is 0.602. The minimum Gasteiger partial charge on any atom is -0.497 e. The van der Waals surface area contributed by atoms with Crippen molar-refractivity contribution in [3.8, 4) is 28.2 Å². The molecule has 9 heteroatoms. The number of amides is 1.